The summed E-state index contributed by atoms with van der Waals surface area (Å²) < 4.78 is 30.6. The lowest BCUT2D eigenvalue weighted by atomic mass is 9.79. The maximum atomic E-state index is 12.9. The number of carbonyl (C=O) groups excluding carboxylic acids is 6. The van der Waals surface area contributed by atoms with Crippen LogP contribution >= 0.6 is 0 Å². The fraction of sp³-hybridized carbons (Fsp3) is 0.643. The molecule has 14 nitrogen and oxygen atoms in total. The predicted molar refractivity (Wildman–Crippen MR) is 147 cm³/mol. The van der Waals surface area contributed by atoms with Gasteiger partial charge in [0.25, 0.3) is 0 Å². The van der Waals surface area contributed by atoms with E-state index in [1.807, 2.05) is 0 Å². The molecule has 0 aromatic heterocycles. The number of amides is 2. The van der Waals surface area contributed by atoms with E-state index in [-0.39, 0.29) is 57.3 Å². The summed E-state index contributed by atoms with van der Waals surface area (Å²) in [7, 11) is 1.26. The largest absolute Gasteiger partial charge is 0.469 e. The first-order valence-corrected chi connectivity index (χ1v) is 13.5. The summed E-state index contributed by atoms with van der Waals surface area (Å²) in [5.74, 6) is -3.60. The van der Waals surface area contributed by atoms with Gasteiger partial charge in [-0.25, -0.2) is 19.2 Å². The second-order valence-electron chi connectivity index (χ2n) is 10.3. The number of methoxy groups -OCH3 is 1. The molecular formula is C28H42N2O12. The van der Waals surface area contributed by atoms with Gasteiger partial charge in [-0.3, -0.25) is 9.59 Å². The zero-order valence-electron chi connectivity index (χ0n) is 24.7. The van der Waals surface area contributed by atoms with Crippen molar-refractivity contribution in [2.24, 2.45) is 17.3 Å². The van der Waals surface area contributed by atoms with E-state index in [9.17, 15) is 28.8 Å². The first-order valence-electron chi connectivity index (χ1n) is 13.5. The number of hydrogen-bond acceptors (Lipinski definition) is 12. The highest BCUT2D eigenvalue weighted by atomic mass is 16.6. The van der Waals surface area contributed by atoms with E-state index in [0.29, 0.717) is 12.8 Å². The molecule has 0 aromatic rings. The highest BCUT2D eigenvalue weighted by molar-refractivity contribution is 5.87. The van der Waals surface area contributed by atoms with Crippen LogP contribution < -0.4 is 10.6 Å². The van der Waals surface area contributed by atoms with Crippen molar-refractivity contribution >= 4 is 36.1 Å². The van der Waals surface area contributed by atoms with Crippen molar-refractivity contribution in [3.05, 3.63) is 24.3 Å². The molecule has 0 saturated heterocycles. The maximum absolute atomic E-state index is 12.9. The molecule has 1 aliphatic carbocycles. The number of ether oxygens (including phenoxy) is 6. The van der Waals surface area contributed by atoms with Gasteiger partial charge in [-0.2, -0.15) is 0 Å². The predicted octanol–water partition coefficient (Wildman–Crippen LogP) is 2.21. The Kier molecular flexibility index (Phi) is 15.7. The molecule has 0 aliphatic heterocycles. The number of rotatable bonds is 16. The molecule has 2 N–H and O–H groups in total. The van der Waals surface area contributed by atoms with Crippen LogP contribution in [0.4, 0.5) is 9.59 Å². The molecule has 14 heteroatoms. The lowest BCUT2D eigenvalue weighted by Gasteiger charge is -2.31. The number of nitrogens with one attached hydrogen (secondary N) is 2. The van der Waals surface area contributed by atoms with Crippen LogP contribution in [-0.4, -0.2) is 89.3 Å². The molecule has 1 aliphatic rings. The summed E-state index contributed by atoms with van der Waals surface area (Å²) in [6.07, 6.45) is 0.798. The van der Waals surface area contributed by atoms with Crippen molar-refractivity contribution in [3.8, 4) is 0 Å². The molecule has 2 amide bonds. The average molecular weight is 599 g/mol. The zero-order chi connectivity index (χ0) is 31.7. The van der Waals surface area contributed by atoms with E-state index < -0.39 is 53.3 Å². The molecule has 0 bridgehead atoms. The Balaban J connectivity index is 2.73. The summed E-state index contributed by atoms with van der Waals surface area (Å²) >= 11 is 0. The monoisotopic (exact) mass is 598 g/mol. The first-order chi connectivity index (χ1) is 19.8. The first kappa shape index (κ1) is 35.9. The molecule has 1 fully saturated rings. The van der Waals surface area contributed by atoms with Gasteiger partial charge in [-0.15, -0.1) is 0 Å². The summed E-state index contributed by atoms with van der Waals surface area (Å²) in [4.78, 5) is 72.4. The Labute approximate surface area is 245 Å². The highest BCUT2D eigenvalue weighted by Gasteiger charge is 2.39. The van der Waals surface area contributed by atoms with Crippen molar-refractivity contribution in [1.82, 2.24) is 10.6 Å². The highest BCUT2D eigenvalue weighted by Crippen LogP contribution is 2.32. The summed E-state index contributed by atoms with van der Waals surface area (Å²) in [6.45, 7) is 10.2. The summed E-state index contributed by atoms with van der Waals surface area (Å²) in [6, 6.07) is 0. The van der Waals surface area contributed by atoms with Gasteiger partial charge in [0.05, 0.1) is 37.5 Å². The van der Waals surface area contributed by atoms with Crippen LogP contribution in [0, 0.1) is 17.3 Å². The quantitative estimate of drug-likeness (QED) is 0.115. The maximum Gasteiger partial charge on any atom is 0.407 e. The minimum atomic E-state index is -1.18. The SMILES string of the molecule is C=C(C)C(=O)OCCNC(=O)OCC(C)(COC(=O)NCCOC(=O)C(=C)C)COC(=O)C1CCCCC1C(=O)OC. The second-order valence-corrected chi connectivity index (χ2v) is 10.3. The Morgan fingerprint density at radius 3 is 1.50 bits per heavy atom. The van der Waals surface area contributed by atoms with E-state index >= 15 is 0 Å². The molecule has 236 valence electrons. The second kappa shape index (κ2) is 18.4. The van der Waals surface area contributed by atoms with Crippen LogP contribution in [0.1, 0.15) is 46.5 Å². The smallest absolute Gasteiger partial charge is 0.407 e. The van der Waals surface area contributed by atoms with Gasteiger partial charge in [-0.1, -0.05) is 26.0 Å². The minimum absolute atomic E-state index is 0.0327. The van der Waals surface area contributed by atoms with Crippen molar-refractivity contribution in [3.63, 3.8) is 0 Å². The minimum Gasteiger partial charge on any atom is -0.469 e. The molecule has 0 radical (unpaired) electrons. The van der Waals surface area contributed by atoms with Gasteiger partial charge < -0.3 is 39.1 Å². The van der Waals surface area contributed by atoms with Gasteiger partial charge in [0.2, 0.25) is 0 Å². The van der Waals surface area contributed by atoms with E-state index in [2.05, 4.69) is 23.8 Å². The average Bonchev–Trinajstić information content (AvgIpc) is 2.97. The number of alkyl carbamates (subject to hydrolysis) is 2. The van der Waals surface area contributed by atoms with Gasteiger partial charge in [0.15, 0.2) is 0 Å². The molecule has 0 heterocycles. The van der Waals surface area contributed by atoms with Crippen LogP contribution in [-0.2, 0) is 47.6 Å². The standard InChI is InChI=1S/C28H42N2O12/c1-18(2)22(31)38-13-11-29-26(35)41-16-28(5,17-42-27(36)30-12-14-39-23(32)19(3)4)15-40-25(34)21-10-8-7-9-20(21)24(33)37-6/h20-21H,1,3,7-17H2,2,4-6H3,(H,29,35)(H,30,36). The van der Waals surface area contributed by atoms with E-state index in [4.69, 9.17) is 28.4 Å². The third-order valence-corrected chi connectivity index (χ3v) is 6.15. The van der Waals surface area contributed by atoms with Crippen molar-refractivity contribution in [1.29, 1.82) is 0 Å². The van der Waals surface area contributed by atoms with E-state index in [0.717, 1.165) is 12.8 Å². The number of carbonyl (C=O) groups is 6. The molecule has 2 atom stereocenters. The fourth-order valence-corrected chi connectivity index (χ4v) is 3.75. The van der Waals surface area contributed by atoms with Crippen LogP contribution in [0.25, 0.3) is 0 Å². The molecule has 42 heavy (non-hydrogen) atoms. The van der Waals surface area contributed by atoms with Gasteiger partial charge in [0, 0.05) is 11.1 Å². The van der Waals surface area contributed by atoms with Gasteiger partial charge in [0.1, 0.15) is 33.0 Å². The fourth-order valence-electron chi connectivity index (χ4n) is 3.75. The zero-order valence-corrected chi connectivity index (χ0v) is 24.7. The molecule has 0 aromatic carbocycles. The normalized spacial score (nSPS) is 16.2. The third-order valence-electron chi connectivity index (χ3n) is 6.15. The van der Waals surface area contributed by atoms with Crippen LogP contribution in [0.3, 0.4) is 0 Å². The number of hydrogen-bond donors (Lipinski definition) is 2. The molecule has 2 unspecified atom stereocenters. The van der Waals surface area contributed by atoms with E-state index in [1.54, 1.807) is 6.92 Å². The van der Waals surface area contributed by atoms with Crippen LogP contribution in [0.2, 0.25) is 0 Å². The number of esters is 4. The van der Waals surface area contributed by atoms with Crippen molar-refractivity contribution < 1.29 is 57.2 Å². The van der Waals surface area contributed by atoms with Crippen LogP contribution in [0.15, 0.2) is 24.3 Å². The van der Waals surface area contributed by atoms with Gasteiger partial charge in [-0.05, 0) is 33.6 Å². The van der Waals surface area contributed by atoms with Crippen LogP contribution in [0.5, 0.6) is 0 Å². The van der Waals surface area contributed by atoms with Crippen molar-refractivity contribution in [2.75, 3.05) is 53.2 Å². The van der Waals surface area contributed by atoms with Crippen molar-refractivity contribution in [2.45, 2.75) is 46.5 Å². The van der Waals surface area contributed by atoms with Gasteiger partial charge >= 0.3 is 36.1 Å². The summed E-state index contributed by atoms with van der Waals surface area (Å²) in [5.41, 5.74) is -0.754. The molecule has 0 spiro atoms. The lowest BCUT2D eigenvalue weighted by molar-refractivity contribution is -0.164. The Morgan fingerprint density at radius 1 is 0.690 bits per heavy atom. The summed E-state index contributed by atoms with van der Waals surface area (Å²) in [5, 5.41) is 4.82. The van der Waals surface area contributed by atoms with E-state index in [1.165, 1.54) is 21.0 Å². The Morgan fingerprint density at radius 2 is 1.10 bits per heavy atom. The molecule has 1 saturated carbocycles. The molecule has 1 rings (SSSR count). The third kappa shape index (κ3) is 13.5. The Hall–Kier alpha value is -4.10. The topological polar surface area (TPSA) is 182 Å². The molecular weight excluding hydrogens is 556 g/mol. The lowest BCUT2D eigenvalue weighted by Crippen LogP contribution is -2.42. The Bertz CT molecular complexity index is 959.